The number of nitrogens with zero attached hydrogens (tertiary/aromatic N) is 1. The van der Waals surface area contributed by atoms with Gasteiger partial charge in [0.05, 0.1) is 11.6 Å². The number of phenolic OH excluding ortho intramolecular Hbond substituents is 1. The second-order valence-corrected chi connectivity index (χ2v) is 7.01. The summed E-state index contributed by atoms with van der Waals surface area (Å²) in [6.45, 7) is 2.31. The lowest BCUT2D eigenvalue weighted by molar-refractivity contribution is -0.139. The van der Waals surface area contributed by atoms with Crippen LogP contribution in [0.25, 0.3) is 5.76 Å². The average molecular weight is 416 g/mol. The van der Waals surface area contributed by atoms with Gasteiger partial charge in [-0.15, -0.1) is 0 Å². The number of benzene rings is 2. The summed E-state index contributed by atoms with van der Waals surface area (Å²) < 4.78 is 0.843. The summed E-state index contributed by atoms with van der Waals surface area (Å²) in [7, 11) is 0. The fourth-order valence-corrected chi connectivity index (χ4v) is 3.38. The number of aliphatic hydroxyl groups excluding tert-OH is 1. The van der Waals surface area contributed by atoms with Crippen LogP contribution in [0.2, 0.25) is 0 Å². The number of aliphatic hydroxyl groups is 1. The number of rotatable bonds is 4. The Morgan fingerprint density at radius 3 is 2.27 bits per heavy atom. The van der Waals surface area contributed by atoms with Crippen molar-refractivity contribution < 1.29 is 19.8 Å². The molecule has 134 valence electrons. The van der Waals surface area contributed by atoms with Crippen molar-refractivity contribution >= 4 is 33.4 Å². The summed E-state index contributed by atoms with van der Waals surface area (Å²) in [4.78, 5) is 26.6. The summed E-state index contributed by atoms with van der Waals surface area (Å²) >= 11 is 3.33. The van der Waals surface area contributed by atoms with Gasteiger partial charge in [-0.3, -0.25) is 9.59 Å². The molecule has 1 saturated heterocycles. The van der Waals surface area contributed by atoms with E-state index in [4.69, 9.17) is 0 Å². The van der Waals surface area contributed by atoms with Crippen molar-refractivity contribution in [1.29, 1.82) is 0 Å². The molecule has 3 rings (SSSR count). The van der Waals surface area contributed by atoms with Gasteiger partial charge in [-0.05, 0) is 36.2 Å². The van der Waals surface area contributed by atoms with Crippen LogP contribution < -0.4 is 0 Å². The molecular formula is C20H18BrNO4. The summed E-state index contributed by atoms with van der Waals surface area (Å²) in [5, 5.41) is 20.3. The van der Waals surface area contributed by atoms with E-state index in [1.165, 1.54) is 17.0 Å². The lowest BCUT2D eigenvalue weighted by Crippen LogP contribution is -2.30. The molecule has 0 bridgehead atoms. The van der Waals surface area contributed by atoms with E-state index in [1.807, 2.05) is 6.92 Å². The number of halogens is 1. The minimum absolute atomic E-state index is 0.0662. The highest BCUT2D eigenvalue weighted by Gasteiger charge is 2.45. The third-order valence-corrected chi connectivity index (χ3v) is 4.86. The summed E-state index contributed by atoms with van der Waals surface area (Å²) in [6.07, 6.45) is 0.680. The molecule has 1 unspecified atom stereocenters. The zero-order valence-electron chi connectivity index (χ0n) is 14.1. The monoisotopic (exact) mass is 415 g/mol. The Labute approximate surface area is 159 Å². The van der Waals surface area contributed by atoms with Crippen molar-refractivity contribution in [2.24, 2.45) is 0 Å². The molecule has 1 heterocycles. The molecule has 0 aliphatic carbocycles. The van der Waals surface area contributed by atoms with Gasteiger partial charge in [0.2, 0.25) is 0 Å². The molecule has 6 heteroatoms. The van der Waals surface area contributed by atoms with Crippen molar-refractivity contribution in [2.45, 2.75) is 19.4 Å². The van der Waals surface area contributed by atoms with Gasteiger partial charge in [0.25, 0.3) is 11.7 Å². The Morgan fingerprint density at radius 1 is 1.08 bits per heavy atom. The molecule has 0 radical (unpaired) electrons. The lowest BCUT2D eigenvalue weighted by atomic mass is 9.95. The summed E-state index contributed by atoms with van der Waals surface area (Å²) in [5.41, 5.74) is 1.19. The molecule has 1 amide bonds. The van der Waals surface area contributed by atoms with Crippen molar-refractivity contribution in [3.05, 3.63) is 69.7 Å². The van der Waals surface area contributed by atoms with E-state index in [-0.39, 0.29) is 17.1 Å². The predicted molar refractivity (Wildman–Crippen MR) is 102 cm³/mol. The largest absolute Gasteiger partial charge is 0.508 e. The molecule has 1 fully saturated rings. The predicted octanol–water partition coefficient (Wildman–Crippen LogP) is 3.99. The van der Waals surface area contributed by atoms with E-state index in [2.05, 4.69) is 15.9 Å². The van der Waals surface area contributed by atoms with Gasteiger partial charge >= 0.3 is 0 Å². The van der Waals surface area contributed by atoms with Crippen LogP contribution in [0.5, 0.6) is 5.75 Å². The fourth-order valence-electron chi connectivity index (χ4n) is 3.12. The lowest BCUT2D eigenvalue weighted by Gasteiger charge is -2.24. The van der Waals surface area contributed by atoms with E-state index in [0.29, 0.717) is 24.1 Å². The van der Waals surface area contributed by atoms with Crippen LogP contribution in [-0.2, 0) is 9.59 Å². The smallest absolute Gasteiger partial charge is 0.295 e. The molecule has 26 heavy (non-hydrogen) atoms. The topological polar surface area (TPSA) is 77.8 Å². The quantitative estimate of drug-likeness (QED) is 0.449. The van der Waals surface area contributed by atoms with Gasteiger partial charge in [-0.25, -0.2) is 0 Å². The minimum Gasteiger partial charge on any atom is -0.508 e. The van der Waals surface area contributed by atoms with E-state index in [0.717, 1.165) is 4.47 Å². The van der Waals surface area contributed by atoms with Gasteiger partial charge in [0.15, 0.2) is 0 Å². The highest BCUT2D eigenvalue weighted by Crippen LogP contribution is 2.39. The molecule has 2 N–H and O–H groups in total. The number of Topliss-reactive ketones (excluding diaryl/α,β-unsaturated/α-hetero) is 1. The molecular weight excluding hydrogens is 398 g/mol. The SMILES string of the molecule is CCCN1C(=O)C(=O)/C(=C(\O)c2ccc(Br)cc2)C1c1ccc(O)cc1. The number of carbonyl (C=O) groups is 2. The Balaban J connectivity index is 2.17. The van der Waals surface area contributed by atoms with Crippen LogP contribution >= 0.6 is 15.9 Å². The molecule has 2 aromatic carbocycles. The molecule has 5 nitrogen and oxygen atoms in total. The Bertz CT molecular complexity index is 872. The second-order valence-electron chi connectivity index (χ2n) is 6.09. The first-order valence-electron chi connectivity index (χ1n) is 8.27. The first-order valence-corrected chi connectivity index (χ1v) is 9.06. The Kier molecular flexibility index (Phi) is 5.13. The van der Waals surface area contributed by atoms with E-state index >= 15 is 0 Å². The number of aromatic hydroxyl groups is 1. The van der Waals surface area contributed by atoms with Crippen LogP contribution in [-0.4, -0.2) is 33.3 Å². The first kappa shape index (κ1) is 18.2. The molecule has 0 spiro atoms. The molecule has 1 atom stereocenters. The zero-order chi connectivity index (χ0) is 18.8. The third-order valence-electron chi connectivity index (χ3n) is 4.33. The van der Waals surface area contributed by atoms with Gasteiger partial charge in [-0.1, -0.05) is 47.1 Å². The van der Waals surface area contributed by atoms with Crippen molar-refractivity contribution in [2.75, 3.05) is 6.54 Å². The van der Waals surface area contributed by atoms with Crippen LogP contribution in [0.3, 0.4) is 0 Å². The maximum Gasteiger partial charge on any atom is 0.295 e. The van der Waals surface area contributed by atoms with Gasteiger partial charge < -0.3 is 15.1 Å². The molecule has 0 aromatic heterocycles. The van der Waals surface area contributed by atoms with Gasteiger partial charge in [-0.2, -0.15) is 0 Å². The normalized spacial score (nSPS) is 19.2. The number of likely N-dealkylation sites (tertiary alicyclic amines) is 1. The number of hydrogen-bond acceptors (Lipinski definition) is 4. The number of hydrogen-bond donors (Lipinski definition) is 2. The highest BCUT2D eigenvalue weighted by atomic mass is 79.9. The van der Waals surface area contributed by atoms with Crippen molar-refractivity contribution in [3.63, 3.8) is 0 Å². The van der Waals surface area contributed by atoms with Crippen LogP contribution in [0.4, 0.5) is 0 Å². The maximum absolute atomic E-state index is 12.7. The summed E-state index contributed by atoms with van der Waals surface area (Å²) in [5.74, 6) is -1.43. The molecule has 1 aliphatic heterocycles. The van der Waals surface area contributed by atoms with Crippen LogP contribution in [0.15, 0.2) is 58.6 Å². The Morgan fingerprint density at radius 2 is 1.69 bits per heavy atom. The number of carbonyl (C=O) groups excluding carboxylic acids is 2. The standard InChI is InChI=1S/C20H18BrNO4/c1-2-11-22-17(12-5-9-15(23)10-6-12)16(19(25)20(22)26)18(24)13-3-7-14(21)8-4-13/h3-10,17,23-24H,2,11H2,1H3/b18-16-. The van der Waals surface area contributed by atoms with Gasteiger partial charge in [0, 0.05) is 16.6 Å². The number of amides is 1. The van der Waals surface area contributed by atoms with Crippen LogP contribution in [0.1, 0.15) is 30.5 Å². The highest BCUT2D eigenvalue weighted by molar-refractivity contribution is 9.10. The van der Waals surface area contributed by atoms with Crippen molar-refractivity contribution in [1.82, 2.24) is 4.90 Å². The van der Waals surface area contributed by atoms with E-state index in [1.54, 1.807) is 36.4 Å². The summed E-state index contributed by atoms with van der Waals surface area (Å²) in [6, 6.07) is 12.5. The average Bonchev–Trinajstić information content (AvgIpc) is 2.88. The van der Waals surface area contributed by atoms with Gasteiger partial charge in [0.1, 0.15) is 11.5 Å². The van der Waals surface area contributed by atoms with Crippen molar-refractivity contribution in [3.8, 4) is 5.75 Å². The fraction of sp³-hybridized carbons (Fsp3) is 0.200. The van der Waals surface area contributed by atoms with E-state index < -0.39 is 17.7 Å². The van der Waals surface area contributed by atoms with E-state index in [9.17, 15) is 19.8 Å². The van der Waals surface area contributed by atoms with Crippen LogP contribution in [0, 0.1) is 0 Å². The molecule has 2 aromatic rings. The zero-order valence-corrected chi connectivity index (χ0v) is 15.7. The number of phenols is 1. The molecule has 1 aliphatic rings. The molecule has 0 saturated carbocycles. The first-order chi connectivity index (χ1) is 12.4. The second kappa shape index (κ2) is 7.33. The maximum atomic E-state index is 12.7. The Hall–Kier alpha value is -2.60. The minimum atomic E-state index is -0.697. The number of ketones is 1. The third kappa shape index (κ3) is 3.24.